The Bertz CT molecular complexity index is 745. The van der Waals surface area contributed by atoms with Gasteiger partial charge in [0.2, 0.25) is 5.91 Å². The Hall–Kier alpha value is -2.83. The molecular weight excluding hydrogens is 320 g/mol. The molecule has 2 atom stereocenters. The number of anilines is 1. The van der Waals surface area contributed by atoms with Gasteiger partial charge in [0.05, 0.1) is 5.69 Å². The molecule has 2 heterocycles. The number of nitrogens with one attached hydrogen (secondary N) is 1. The lowest BCUT2D eigenvalue weighted by molar-refractivity contribution is -0.128. The molecule has 0 spiro atoms. The van der Waals surface area contributed by atoms with Crippen molar-refractivity contribution in [3.63, 3.8) is 0 Å². The fourth-order valence-corrected chi connectivity index (χ4v) is 2.80. The number of rotatable bonds is 6. The molecule has 132 valence electrons. The number of hydrogen-bond donors (Lipinski definition) is 1. The third kappa shape index (κ3) is 3.99. The van der Waals surface area contributed by atoms with Gasteiger partial charge in [0.15, 0.2) is 6.10 Å². The van der Waals surface area contributed by atoms with Crippen LogP contribution in [0.25, 0.3) is 0 Å². The van der Waals surface area contributed by atoms with Gasteiger partial charge < -0.3 is 10.1 Å². The van der Waals surface area contributed by atoms with E-state index in [2.05, 4.69) is 10.4 Å². The zero-order chi connectivity index (χ0) is 17.8. The van der Waals surface area contributed by atoms with Crippen LogP contribution in [0.1, 0.15) is 13.8 Å². The van der Waals surface area contributed by atoms with E-state index in [1.165, 1.54) is 4.90 Å². The van der Waals surface area contributed by atoms with Crippen LogP contribution in [0.5, 0.6) is 5.75 Å². The van der Waals surface area contributed by atoms with Crippen molar-refractivity contribution in [1.82, 2.24) is 15.1 Å². The summed E-state index contributed by atoms with van der Waals surface area (Å²) in [5.41, 5.74) is 0.630. The first-order valence-electron chi connectivity index (χ1n) is 8.36. The first kappa shape index (κ1) is 17.0. The topological polar surface area (TPSA) is 76.5 Å². The Morgan fingerprint density at radius 2 is 2.16 bits per heavy atom. The van der Waals surface area contributed by atoms with Gasteiger partial charge in [0.1, 0.15) is 12.3 Å². The molecule has 25 heavy (non-hydrogen) atoms. The number of fused-ring (bicyclic) bond motifs is 1. The number of carbonyl (C=O) groups excluding carboxylic acids is 2. The van der Waals surface area contributed by atoms with Crippen LogP contribution in [0.4, 0.5) is 5.69 Å². The summed E-state index contributed by atoms with van der Waals surface area (Å²) in [4.78, 5) is 26.2. The summed E-state index contributed by atoms with van der Waals surface area (Å²) in [7, 11) is 0. The fraction of sp³-hybridized carbons (Fsp3) is 0.389. The molecule has 3 rings (SSSR count). The van der Waals surface area contributed by atoms with Gasteiger partial charge in [-0.1, -0.05) is 19.1 Å². The predicted molar refractivity (Wildman–Crippen MR) is 93.3 cm³/mol. The molecule has 0 aliphatic carbocycles. The zero-order valence-electron chi connectivity index (χ0n) is 14.4. The highest BCUT2D eigenvalue weighted by Crippen LogP contribution is 2.33. The van der Waals surface area contributed by atoms with E-state index in [-0.39, 0.29) is 24.3 Å². The van der Waals surface area contributed by atoms with Crippen LogP contribution in [-0.2, 0) is 16.1 Å². The number of carbonyl (C=O) groups is 2. The molecule has 1 aliphatic rings. The SMILES string of the molecule is CC(CNC(=O)CN1C(=O)C(C)Oc2ccccc21)Cn1cccn1. The van der Waals surface area contributed by atoms with Gasteiger partial charge in [0.25, 0.3) is 5.91 Å². The van der Waals surface area contributed by atoms with E-state index in [1.54, 1.807) is 25.3 Å². The Balaban J connectivity index is 1.58. The first-order chi connectivity index (χ1) is 12.0. The summed E-state index contributed by atoms with van der Waals surface area (Å²) < 4.78 is 7.41. The Kier molecular flexibility index (Phi) is 5.02. The summed E-state index contributed by atoms with van der Waals surface area (Å²) in [6.07, 6.45) is 3.03. The van der Waals surface area contributed by atoms with E-state index in [4.69, 9.17) is 4.74 Å². The molecule has 0 bridgehead atoms. The van der Waals surface area contributed by atoms with Crippen LogP contribution >= 0.6 is 0 Å². The molecule has 2 aromatic rings. The van der Waals surface area contributed by atoms with E-state index in [0.717, 1.165) is 6.54 Å². The van der Waals surface area contributed by atoms with Crippen molar-refractivity contribution in [2.24, 2.45) is 5.92 Å². The van der Waals surface area contributed by atoms with Crippen molar-refractivity contribution in [2.45, 2.75) is 26.5 Å². The molecule has 0 radical (unpaired) electrons. The smallest absolute Gasteiger partial charge is 0.268 e. The third-order valence-corrected chi connectivity index (χ3v) is 4.08. The maximum absolute atomic E-state index is 12.4. The lowest BCUT2D eigenvalue weighted by Gasteiger charge is -2.32. The van der Waals surface area contributed by atoms with Gasteiger partial charge in [-0.25, -0.2) is 0 Å². The first-order valence-corrected chi connectivity index (χ1v) is 8.36. The van der Waals surface area contributed by atoms with E-state index < -0.39 is 6.10 Å². The van der Waals surface area contributed by atoms with Gasteiger partial charge >= 0.3 is 0 Å². The average molecular weight is 342 g/mol. The average Bonchev–Trinajstić information content (AvgIpc) is 3.10. The highest BCUT2D eigenvalue weighted by molar-refractivity contribution is 6.03. The number of amides is 2. The summed E-state index contributed by atoms with van der Waals surface area (Å²) in [6, 6.07) is 9.12. The summed E-state index contributed by atoms with van der Waals surface area (Å²) >= 11 is 0. The highest BCUT2D eigenvalue weighted by atomic mass is 16.5. The second kappa shape index (κ2) is 7.38. The number of benzene rings is 1. The quantitative estimate of drug-likeness (QED) is 0.862. The zero-order valence-corrected chi connectivity index (χ0v) is 14.4. The normalized spacial score (nSPS) is 17.6. The molecule has 0 saturated heterocycles. The van der Waals surface area contributed by atoms with Crippen molar-refractivity contribution < 1.29 is 14.3 Å². The third-order valence-electron chi connectivity index (χ3n) is 4.08. The summed E-state index contributed by atoms with van der Waals surface area (Å²) in [5, 5.41) is 7.05. The maximum Gasteiger partial charge on any atom is 0.268 e. The standard InChI is InChI=1S/C18H22N4O3/c1-13(11-21-9-5-8-20-21)10-19-17(23)12-22-15-6-3-4-7-16(15)25-14(2)18(22)24/h3-9,13-14H,10-12H2,1-2H3,(H,19,23). The van der Waals surface area contributed by atoms with Gasteiger partial charge in [-0.15, -0.1) is 0 Å². The number of hydrogen-bond acceptors (Lipinski definition) is 4. The van der Waals surface area contributed by atoms with E-state index in [1.807, 2.05) is 36.0 Å². The van der Waals surface area contributed by atoms with E-state index in [0.29, 0.717) is 18.0 Å². The molecule has 1 aromatic carbocycles. The number of aromatic nitrogens is 2. The van der Waals surface area contributed by atoms with Crippen molar-refractivity contribution >= 4 is 17.5 Å². The van der Waals surface area contributed by atoms with E-state index >= 15 is 0 Å². The second-order valence-corrected chi connectivity index (χ2v) is 6.29. The van der Waals surface area contributed by atoms with Crippen molar-refractivity contribution in [1.29, 1.82) is 0 Å². The molecule has 2 amide bonds. The van der Waals surface area contributed by atoms with Crippen LogP contribution in [0.15, 0.2) is 42.7 Å². The maximum atomic E-state index is 12.4. The molecule has 1 aliphatic heterocycles. The van der Waals surface area contributed by atoms with Crippen LogP contribution in [0, 0.1) is 5.92 Å². The largest absolute Gasteiger partial charge is 0.479 e. The summed E-state index contributed by atoms with van der Waals surface area (Å²) in [6.45, 7) is 4.96. The molecule has 0 saturated carbocycles. The van der Waals surface area contributed by atoms with Crippen molar-refractivity contribution in [3.8, 4) is 5.75 Å². The minimum atomic E-state index is -0.596. The second-order valence-electron chi connectivity index (χ2n) is 6.29. The molecule has 7 heteroatoms. The van der Waals surface area contributed by atoms with Crippen molar-refractivity contribution in [3.05, 3.63) is 42.7 Å². The van der Waals surface area contributed by atoms with E-state index in [9.17, 15) is 9.59 Å². The lowest BCUT2D eigenvalue weighted by atomic mass is 10.1. The van der Waals surface area contributed by atoms with Crippen LogP contribution in [0.3, 0.4) is 0 Å². The molecule has 0 fully saturated rings. The van der Waals surface area contributed by atoms with Crippen LogP contribution < -0.4 is 15.0 Å². The lowest BCUT2D eigenvalue weighted by Crippen LogP contribution is -2.49. The fourth-order valence-electron chi connectivity index (χ4n) is 2.80. The summed E-state index contributed by atoms with van der Waals surface area (Å²) in [5.74, 6) is 0.452. The predicted octanol–water partition coefficient (Wildman–Crippen LogP) is 1.45. The van der Waals surface area contributed by atoms with Gasteiger partial charge in [0, 0.05) is 25.5 Å². The van der Waals surface area contributed by atoms with Gasteiger partial charge in [-0.3, -0.25) is 19.2 Å². The number of para-hydroxylation sites is 2. The molecule has 1 N–H and O–H groups in total. The minimum absolute atomic E-state index is 0.0158. The molecule has 1 aromatic heterocycles. The highest BCUT2D eigenvalue weighted by Gasteiger charge is 2.32. The number of ether oxygens (including phenoxy) is 1. The Morgan fingerprint density at radius 3 is 2.92 bits per heavy atom. The molecule has 2 unspecified atom stereocenters. The Labute approximate surface area is 146 Å². The van der Waals surface area contributed by atoms with Crippen LogP contribution in [-0.4, -0.2) is 40.8 Å². The van der Waals surface area contributed by atoms with Crippen molar-refractivity contribution in [2.75, 3.05) is 18.0 Å². The monoisotopic (exact) mass is 342 g/mol. The van der Waals surface area contributed by atoms with Crippen LogP contribution in [0.2, 0.25) is 0 Å². The number of nitrogens with zero attached hydrogens (tertiary/aromatic N) is 3. The minimum Gasteiger partial charge on any atom is -0.479 e. The van der Waals surface area contributed by atoms with Gasteiger partial charge in [-0.05, 0) is 31.0 Å². The Morgan fingerprint density at radius 1 is 1.36 bits per heavy atom. The van der Waals surface area contributed by atoms with Gasteiger partial charge in [-0.2, -0.15) is 5.10 Å². The molecule has 7 nitrogen and oxygen atoms in total. The molecular formula is C18H22N4O3.